The average molecular weight is 246 g/mol. The third kappa shape index (κ3) is 3.88. The molecular formula is C13H24F2N2. The van der Waals surface area contributed by atoms with Gasteiger partial charge in [-0.2, -0.15) is 0 Å². The molecular weight excluding hydrogens is 222 g/mol. The number of likely N-dealkylation sites (tertiary alicyclic amines) is 1. The quantitative estimate of drug-likeness (QED) is 0.823. The highest BCUT2D eigenvalue weighted by Gasteiger charge is 2.35. The molecule has 2 fully saturated rings. The molecule has 1 aliphatic heterocycles. The van der Waals surface area contributed by atoms with Crippen molar-refractivity contribution in [3.63, 3.8) is 0 Å². The number of rotatable bonds is 3. The normalized spacial score (nSPS) is 31.6. The Balaban J connectivity index is 1.74. The summed E-state index contributed by atoms with van der Waals surface area (Å²) < 4.78 is 26.1. The molecule has 1 atom stereocenters. The van der Waals surface area contributed by atoms with Crippen LogP contribution in [0.2, 0.25) is 0 Å². The molecule has 1 saturated carbocycles. The van der Waals surface area contributed by atoms with Crippen LogP contribution in [0, 0.1) is 5.92 Å². The molecule has 2 nitrogen and oxygen atoms in total. The van der Waals surface area contributed by atoms with Gasteiger partial charge < -0.3 is 10.2 Å². The first kappa shape index (κ1) is 13.2. The molecule has 2 rings (SSSR count). The van der Waals surface area contributed by atoms with Crippen molar-refractivity contribution < 1.29 is 8.78 Å². The summed E-state index contributed by atoms with van der Waals surface area (Å²) in [6.45, 7) is 3.25. The van der Waals surface area contributed by atoms with Gasteiger partial charge in [0.2, 0.25) is 5.92 Å². The molecule has 0 amide bonds. The fourth-order valence-electron chi connectivity index (χ4n) is 3.10. The standard InChI is InChI=1S/C13H24F2N2/c1-16-12-3-2-8-17(10-12)9-11-4-6-13(14,15)7-5-11/h11-12,16H,2-10H2,1H3/t12-/m0/s1. The van der Waals surface area contributed by atoms with Gasteiger partial charge in [0.1, 0.15) is 0 Å². The second-order valence-electron chi connectivity index (χ2n) is 5.69. The summed E-state index contributed by atoms with van der Waals surface area (Å²) in [5.74, 6) is -1.89. The monoisotopic (exact) mass is 246 g/mol. The van der Waals surface area contributed by atoms with Crippen molar-refractivity contribution in [2.24, 2.45) is 5.92 Å². The number of nitrogens with zero attached hydrogens (tertiary/aromatic N) is 1. The highest BCUT2D eigenvalue weighted by Crippen LogP contribution is 2.36. The minimum atomic E-state index is -2.38. The highest BCUT2D eigenvalue weighted by atomic mass is 19.3. The molecule has 0 radical (unpaired) electrons. The summed E-state index contributed by atoms with van der Waals surface area (Å²) in [6.07, 6.45) is 4.08. The summed E-state index contributed by atoms with van der Waals surface area (Å²) in [6, 6.07) is 0.591. The van der Waals surface area contributed by atoms with E-state index in [1.165, 1.54) is 12.8 Å². The first-order valence-corrected chi connectivity index (χ1v) is 6.86. The van der Waals surface area contributed by atoms with Gasteiger partial charge in [0.15, 0.2) is 0 Å². The van der Waals surface area contributed by atoms with Crippen LogP contribution in [0.3, 0.4) is 0 Å². The van der Waals surface area contributed by atoms with Crippen molar-refractivity contribution in [1.29, 1.82) is 0 Å². The zero-order valence-electron chi connectivity index (χ0n) is 10.7. The molecule has 1 aliphatic carbocycles. The SMILES string of the molecule is CN[C@H]1CCCN(CC2CCC(F)(F)CC2)C1. The highest BCUT2D eigenvalue weighted by molar-refractivity contribution is 4.82. The van der Waals surface area contributed by atoms with Gasteiger partial charge >= 0.3 is 0 Å². The number of hydrogen-bond acceptors (Lipinski definition) is 2. The Morgan fingerprint density at radius 3 is 2.59 bits per heavy atom. The van der Waals surface area contributed by atoms with E-state index < -0.39 is 5.92 Å². The Bertz CT molecular complexity index is 236. The Morgan fingerprint density at radius 2 is 1.94 bits per heavy atom. The van der Waals surface area contributed by atoms with Gasteiger partial charge in [0.05, 0.1) is 0 Å². The second kappa shape index (κ2) is 5.61. The van der Waals surface area contributed by atoms with E-state index in [4.69, 9.17) is 0 Å². The molecule has 1 N–H and O–H groups in total. The van der Waals surface area contributed by atoms with Gasteiger partial charge in [-0.3, -0.25) is 0 Å². The number of piperidine rings is 1. The van der Waals surface area contributed by atoms with Gasteiger partial charge in [0, 0.05) is 32.0 Å². The largest absolute Gasteiger partial charge is 0.316 e. The van der Waals surface area contributed by atoms with Gasteiger partial charge in [-0.1, -0.05) is 0 Å². The van der Waals surface area contributed by atoms with Gasteiger partial charge in [-0.05, 0) is 45.2 Å². The first-order chi connectivity index (χ1) is 8.09. The van der Waals surface area contributed by atoms with Crippen LogP contribution in [0.4, 0.5) is 8.78 Å². The van der Waals surface area contributed by atoms with Crippen molar-refractivity contribution >= 4 is 0 Å². The van der Waals surface area contributed by atoms with E-state index in [2.05, 4.69) is 10.2 Å². The maximum absolute atomic E-state index is 13.0. The van der Waals surface area contributed by atoms with Gasteiger partial charge in [-0.25, -0.2) is 8.78 Å². The topological polar surface area (TPSA) is 15.3 Å². The van der Waals surface area contributed by atoms with Crippen LogP contribution in [-0.2, 0) is 0 Å². The molecule has 100 valence electrons. The molecule has 17 heavy (non-hydrogen) atoms. The van der Waals surface area contributed by atoms with Crippen LogP contribution < -0.4 is 5.32 Å². The number of nitrogens with one attached hydrogen (secondary N) is 1. The van der Waals surface area contributed by atoms with E-state index in [9.17, 15) is 8.78 Å². The maximum atomic E-state index is 13.0. The van der Waals surface area contributed by atoms with Crippen molar-refractivity contribution in [3.8, 4) is 0 Å². The number of likely N-dealkylation sites (N-methyl/N-ethyl adjacent to an activating group) is 1. The summed E-state index contributed by atoms with van der Waals surface area (Å²) in [7, 11) is 2.01. The van der Waals surface area contributed by atoms with Gasteiger partial charge in [-0.15, -0.1) is 0 Å². The summed E-state index contributed by atoms with van der Waals surface area (Å²) in [5.41, 5.74) is 0. The van der Waals surface area contributed by atoms with Crippen LogP contribution in [-0.4, -0.2) is 43.5 Å². The van der Waals surface area contributed by atoms with Crippen LogP contribution in [0.5, 0.6) is 0 Å². The van der Waals surface area contributed by atoms with Crippen molar-refractivity contribution in [3.05, 3.63) is 0 Å². The fourth-order valence-corrected chi connectivity index (χ4v) is 3.10. The lowest BCUT2D eigenvalue weighted by Gasteiger charge is -2.37. The van der Waals surface area contributed by atoms with Crippen LogP contribution in [0.15, 0.2) is 0 Å². The lowest BCUT2D eigenvalue weighted by atomic mass is 9.86. The summed E-state index contributed by atoms with van der Waals surface area (Å²) in [4.78, 5) is 2.46. The maximum Gasteiger partial charge on any atom is 0.248 e. The lowest BCUT2D eigenvalue weighted by molar-refractivity contribution is -0.0495. The van der Waals surface area contributed by atoms with E-state index in [-0.39, 0.29) is 12.8 Å². The predicted octanol–water partition coefficient (Wildman–Crippen LogP) is 2.50. The molecule has 2 aliphatic rings. The van der Waals surface area contributed by atoms with Crippen LogP contribution in [0.25, 0.3) is 0 Å². The molecule has 0 aromatic rings. The average Bonchev–Trinajstić information content (AvgIpc) is 2.32. The minimum Gasteiger partial charge on any atom is -0.316 e. The Morgan fingerprint density at radius 1 is 1.24 bits per heavy atom. The van der Waals surface area contributed by atoms with Crippen LogP contribution >= 0.6 is 0 Å². The zero-order valence-corrected chi connectivity index (χ0v) is 10.7. The summed E-state index contributed by atoms with van der Waals surface area (Å²) >= 11 is 0. The van der Waals surface area contributed by atoms with Gasteiger partial charge in [0.25, 0.3) is 0 Å². The van der Waals surface area contributed by atoms with E-state index in [1.54, 1.807) is 0 Å². The number of hydrogen-bond donors (Lipinski definition) is 1. The third-order valence-corrected chi connectivity index (χ3v) is 4.27. The third-order valence-electron chi connectivity index (χ3n) is 4.27. The van der Waals surface area contributed by atoms with E-state index >= 15 is 0 Å². The van der Waals surface area contributed by atoms with Crippen molar-refractivity contribution in [2.75, 3.05) is 26.7 Å². The lowest BCUT2D eigenvalue weighted by Crippen LogP contribution is -2.46. The first-order valence-electron chi connectivity index (χ1n) is 6.86. The summed E-state index contributed by atoms with van der Waals surface area (Å²) in [5, 5.41) is 3.32. The molecule has 0 unspecified atom stereocenters. The Hall–Kier alpha value is -0.220. The Labute approximate surface area is 103 Å². The molecule has 0 aromatic carbocycles. The Kier molecular flexibility index (Phi) is 4.36. The fraction of sp³-hybridized carbons (Fsp3) is 1.00. The molecule has 0 aromatic heterocycles. The molecule has 0 bridgehead atoms. The molecule has 1 saturated heterocycles. The molecule has 0 spiro atoms. The molecule has 4 heteroatoms. The number of alkyl halides is 2. The number of halogens is 2. The smallest absolute Gasteiger partial charge is 0.248 e. The minimum absolute atomic E-state index is 0.0982. The van der Waals surface area contributed by atoms with Crippen LogP contribution in [0.1, 0.15) is 38.5 Å². The zero-order chi connectivity index (χ0) is 12.3. The second-order valence-corrected chi connectivity index (χ2v) is 5.69. The van der Waals surface area contributed by atoms with Crippen molar-refractivity contribution in [2.45, 2.75) is 50.5 Å². The van der Waals surface area contributed by atoms with Crippen molar-refractivity contribution in [1.82, 2.24) is 10.2 Å². The van der Waals surface area contributed by atoms with E-state index in [0.717, 1.165) is 19.6 Å². The van der Waals surface area contributed by atoms with E-state index in [0.29, 0.717) is 24.8 Å². The van der Waals surface area contributed by atoms with E-state index in [1.807, 2.05) is 7.05 Å². The molecule has 1 heterocycles. The predicted molar refractivity (Wildman–Crippen MR) is 65.4 cm³/mol.